The Bertz CT molecular complexity index is 1070. The summed E-state index contributed by atoms with van der Waals surface area (Å²) in [7, 11) is -1.66. The van der Waals surface area contributed by atoms with Crippen LogP contribution >= 0.6 is 0 Å². The summed E-state index contributed by atoms with van der Waals surface area (Å²) in [5, 5.41) is 2.54. The van der Waals surface area contributed by atoms with Gasteiger partial charge in [0, 0.05) is 50.2 Å². The van der Waals surface area contributed by atoms with Crippen molar-refractivity contribution in [3.8, 4) is 0 Å². The van der Waals surface area contributed by atoms with Gasteiger partial charge in [0.2, 0.25) is 0 Å². The van der Waals surface area contributed by atoms with E-state index >= 15 is 0 Å². The SMILES string of the molecule is CN1CCN(S(=O)(=O)NCCOC(=O)Nc2ccc(C(=O)/C=C/c3ccccn3)cc2)CC1. The number of hydrogen-bond acceptors (Lipinski definition) is 7. The van der Waals surface area contributed by atoms with Gasteiger partial charge in [-0.2, -0.15) is 17.4 Å². The standard InChI is InChI=1S/C22H27N5O5S/c1-26-13-15-27(16-14-26)33(30,31)24-12-17-32-22(29)25-20-7-5-18(6-8-20)21(28)10-9-19-4-2-3-11-23-19/h2-11,24H,12-17H2,1H3,(H,25,29)/b10-9+. The number of amides is 1. The van der Waals surface area contributed by atoms with Gasteiger partial charge >= 0.3 is 6.09 Å². The monoisotopic (exact) mass is 473 g/mol. The van der Waals surface area contributed by atoms with Gasteiger partial charge < -0.3 is 9.64 Å². The molecule has 10 nitrogen and oxygen atoms in total. The van der Waals surface area contributed by atoms with Gasteiger partial charge in [0.05, 0.1) is 5.69 Å². The average molecular weight is 474 g/mol. The van der Waals surface area contributed by atoms with Crippen LogP contribution in [0.3, 0.4) is 0 Å². The highest BCUT2D eigenvalue weighted by atomic mass is 32.2. The van der Waals surface area contributed by atoms with Gasteiger partial charge in [-0.3, -0.25) is 15.1 Å². The Labute approximate surface area is 193 Å². The first kappa shape index (κ1) is 24.5. The Morgan fingerprint density at radius 2 is 1.82 bits per heavy atom. The predicted octanol–water partition coefficient (Wildman–Crippen LogP) is 1.61. The molecule has 2 heterocycles. The van der Waals surface area contributed by atoms with E-state index in [1.807, 2.05) is 13.1 Å². The van der Waals surface area contributed by atoms with E-state index in [2.05, 4.69) is 19.9 Å². The number of carbonyl (C=O) groups excluding carboxylic acids is 2. The molecule has 0 atom stereocenters. The molecule has 1 aliphatic rings. The smallest absolute Gasteiger partial charge is 0.411 e. The maximum atomic E-state index is 12.2. The molecule has 0 radical (unpaired) electrons. The van der Waals surface area contributed by atoms with Gasteiger partial charge in [-0.1, -0.05) is 6.07 Å². The number of hydrogen-bond donors (Lipinski definition) is 2. The Morgan fingerprint density at radius 3 is 2.48 bits per heavy atom. The van der Waals surface area contributed by atoms with Crippen molar-refractivity contribution in [1.82, 2.24) is 18.9 Å². The average Bonchev–Trinajstić information content (AvgIpc) is 2.82. The molecule has 1 saturated heterocycles. The van der Waals surface area contributed by atoms with Crippen LogP contribution in [0.5, 0.6) is 0 Å². The van der Waals surface area contributed by atoms with Gasteiger partial charge in [-0.05, 0) is 55.6 Å². The fraction of sp³-hybridized carbons (Fsp3) is 0.318. The molecule has 2 N–H and O–H groups in total. The molecule has 3 rings (SSSR count). The minimum Gasteiger partial charge on any atom is -0.448 e. The Balaban J connectivity index is 1.39. The molecule has 0 saturated carbocycles. The lowest BCUT2D eigenvalue weighted by molar-refractivity contribution is 0.104. The summed E-state index contributed by atoms with van der Waals surface area (Å²) in [6, 6.07) is 11.8. The molecule has 0 aliphatic carbocycles. The lowest BCUT2D eigenvalue weighted by Gasteiger charge is -2.31. The Kier molecular flexibility index (Phi) is 8.66. The third-order valence-electron chi connectivity index (χ3n) is 4.93. The summed E-state index contributed by atoms with van der Waals surface area (Å²) in [5.41, 5.74) is 1.58. The molecular formula is C22H27N5O5S. The minimum absolute atomic E-state index is 0.0296. The van der Waals surface area contributed by atoms with E-state index in [0.717, 1.165) is 0 Å². The van der Waals surface area contributed by atoms with Crippen LogP contribution in [0.4, 0.5) is 10.5 Å². The topological polar surface area (TPSA) is 121 Å². The van der Waals surface area contributed by atoms with E-state index < -0.39 is 16.3 Å². The van der Waals surface area contributed by atoms with Crippen molar-refractivity contribution in [3.05, 3.63) is 66.0 Å². The summed E-state index contributed by atoms with van der Waals surface area (Å²) in [6.45, 7) is 2.04. The molecule has 2 aromatic rings. The van der Waals surface area contributed by atoms with E-state index in [9.17, 15) is 18.0 Å². The van der Waals surface area contributed by atoms with Gasteiger partial charge in [0.15, 0.2) is 5.78 Å². The van der Waals surface area contributed by atoms with E-state index in [-0.39, 0.29) is 18.9 Å². The van der Waals surface area contributed by atoms with Crippen LogP contribution in [0.2, 0.25) is 0 Å². The van der Waals surface area contributed by atoms with E-state index in [1.54, 1.807) is 48.7 Å². The molecule has 1 amide bonds. The second-order valence-electron chi connectivity index (χ2n) is 7.39. The van der Waals surface area contributed by atoms with Crippen molar-refractivity contribution in [2.24, 2.45) is 0 Å². The Morgan fingerprint density at radius 1 is 1.09 bits per heavy atom. The third kappa shape index (κ3) is 7.75. The van der Waals surface area contributed by atoms with Crippen LogP contribution in [0.25, 0.3) is 6.08 Å². The number of ketones is 1. The van der Waals surface area contributed by atoms with E-state index in [4.69, 9.17) is 4.74 Å². The fourth-order valence-electron chi connectivity index (χ4n) is 3.04. The number of aromatic nitrogens is 1. The molecule has 1 aromatic carbocycles. The van der Waals surface area contributed by atoms with Crippen molar-refractivity contribution < 1.29 is 22.7 Å². The van der Waals surface area contributed by atoms with Crippen LogP contribution in [0.1, 0.15) is 16.1 Å². The van der Waals surface area contributed by atoms with Gasteiger partial charge in [-0.25, -0.2) is 4.79 Å². The summed E-state index contributed by atoms with van der Waals surface area (Å²) in [5.74, 6) is -0.192. The van der Waals surface area contributed by atoms with Gasteiger partial charge in [-0.15, -0.1) is 0 Å². The minimum atomic E-state index is -3.60. The first-order valence-electron chi connectivity index (χ1n) is 10.4. The van der Waals surface area contributed by atoms with Crippen molar-refractivity contribution in [2.75, 3.05) is 51.7 Å². The summed E-state index contributed by atoms with van der Waals surface area (Å²) >= 11 is 0. The number of likely N-dealkylation sites (N-methyl/N-ethyl adjacent to an activating group) is 1. The predicted molar refractivity (Wildman–Crippen MR) is 125 cm³/mol. The first-order valence-corrected chi connectivity index (χ1v) is 11.9. The quantitative estimate of drug-likeness (QED) is 0.322. The van der Waals surface area contributed by atoms with Crippen molar-refractivity contribution in [1.29, 1.82) is 0 Å². The third-order valence-corrected chi connectivity index (χ3v) is 6.54. The number of piperazine rings is 1. The molecule has 1 fully saturated rings. The first-order chi connectivity index (χ1) is 15.8. The summed E-state index contributed by atoms with van der Waals surface area (Å²) in [4.78, 5) is 30.4. The van der Waals surface area contributed by atoms with Crippen LogP contribution in [-0.2, 0) is 14.9 Å². The molecular weight excluding hydrogens is 446 g/mol. The zero-order valence-corrected chi connectivity index (χ0v) is 19.1. The number of ether oxygens (including phenoxy) is 1. The number of nitrogens with one attached hydrogen (secondary N) is 2. The van der Waals surface area contributed by atoms with Crippen molar-refractivity contribution >= 4 is 33.8 Å². The normalized spacial score (nSPS) is 15.4. The Hall–Kier alpha value is -3.12. The second kappa shape index (κ2) is 11.7. The maximum absolute atomic E-state index is 12.2. The number of nitrogens with zero attached hydrogens (tertiary/aromatic N) is 3. The second-order valence-corrected chi connectivity index (χ2v) is 9.15. The van der Waals surface area contributed by atoms with Gasteiger partial charge in [0.25, 0.3) is 10.2 Å². The maximum Gasteiger partial charge on any atom is 0.411 e. The fourth-order valence-corrected chi connectivity index (χ4v) is 4.21. The zero-order valence-electron chi connectivity index (χ0n) is 18.3. The molecule has 1 aliphatic heterocycles. The number of carbonyl (C=O) groups is 2. The number of anilines is 1. The molecule has 0 spiro atoms. The molecule has 0 unspecified atom stereocenters. The number of allylic oxidation sites excluding steroid dienone is 1. The lowest BCUT2D eigenvalue weighted by Crippen LogP contribution is -2.51. The molecule has 33 heavy (non-hydrogen) atoms. The lowest BCUT2D eigenvalue weighted by atomic mass is 10.1. The molecule has 0 bridgehead atoms. The van der Waals surface area contributed by atoms with Crippen LogP contribution in [-0.4, -0.2) is 80.9 Å². The highest BCUT2D eigenvalue weighted by Crippen LogP contribution is 2.12. The molecule has 176 valence electrons. The zero-order chi connectivity index (χ0) is 23.7. The van der Waals surface area contributed by atoms with E-state index in [0.29, 0.717) is 43.1 Å². The number of rotatable bonds is 9. The van der Waals surface area contributed by atoms with Crippen LogP contribution in [0, 0.1) is 0 Å². The van der Waals surface area contributed by atoms with Crippen molar-refractivity contribution in [3.63, 3.8) is 0 Å². The molecule has 1 aromatic heterocycles. The highest BCUT2D eigenvalue weighted by molar-refractivity contribution is 7.87. The largest absolute Gasteiger partial charge is 0.448 e. The summed E-state index contributed by atoms with van der Waals surface area (Å²) in [6.07, 6.45) is 3.99. The van der Waals surface area contributed by atoms with Crippen LogP contribution < -0.4 is 10.0 Å². The number of pyridine rings is 1. The van der Waals surface area contributed by atoms with Crippen LogP contribution in [0.15, 0.2) is 54.7 Å². The molecule has 11 heteroatoms. The van der Waals surface area contributed by atoms with Crippen molar-refractivity contribution in [2.45, 2.75) is 0 Å². The van der Waals surface area contributed by atoms with E-state index in [1.165, 1.54) is 10.4 Å². The highest BCUT2D eigenvalue weighted by Gasteiger charge is 2.25. The number of benzene rings is 1. The van der Waals surface area contributed by atoms with Gasteiger partial charge in [0.1, 0.15) is 6.61 Å². The summed E-state index contributed by atoms with van der Waals surface area (Å²) < 4.78 is 33.3.